The first kappa shape index (κ1) is 11.7. The molecule has 4 nitrogen and oxygen atoms in total. The number of ether oxygens (including phenoxy) is 1. The zero-order valence-electron chi connectivity index (χ0n) is 11.0. The molecule has 3 rings (SSSR count). The number of aryl methyl sites for hydroxylation is 1. The lowest BCUT2D eigenvalue weighted by Gasteiger charge is -2.06. The van der Waals surface area contributed by atoms with Crippen LogP contribution in [0.15, 0.2) is 42.6 Å². The molecule has 0 spiro atoms. The first-order chi connectivity index (χ1) is 9.28. The van der Waals surface area contributed by atoms with Gasteiger partial charge in [0.2, 0.25) is 0 Å². The summed E-state index contributed by atoms with van der Waals surface area (Å²) in [6, 6.07) is 11.9. The van der Waals surface area contributed by atoms with Crippen molar-refractivity contribution in [1.82, 2.24) is 14.6 Å². The Bertz CT molecular complexity index is 701. The van der Waals surface area contributed by atoms with Gasteiger partial charge < -0.3 is 4.74 Å². The first-order valence-corrected chi connectivity index (χ1v) is 6.32. The van der Waals surface area contributed by atoms with Crippen LogP contribution in [-0.2, 0) is 0 Å². The standard InChI is InChI=1S/C15H15N3O/c1-3-19-13-6-4-12(5-7-13)14-10-11(2)18-15(17-14)8-9-16-18/h4-10H,3H2,1-2H3. The van der Waals surface area contributed by atoms with E-state index in [1.165, 1.54) is 0 Å². The number of benzene rings is 1. The van der Waals surface area contributed by atoms with Crippen molar-refractivity contribution < 1.29 is 4.74 Å². The molecule has 4 heteroatoms. The van der Waals surface area contributed by atoms with E-state index in [2.05, 4.69) is 10.1 Å². The summed E-state index contributed by atoms with van der Waals surface area (Å²) in [7, 11) is 0. The molecule has 0 aliphatic heterocycles. The molecular weight excluding hydrogens is 238 g/mol. The molecule has 0 aliphatic carbocycles. The van der Waals surface area contributed by atoms with Crippen LogP contribution in [0.5, 0.6) is 5.75 Å². The second kappa shape index (κ2) is 4.72. The molecule has 0 amide bonds. The van der Waals surface area contributed by atoms with Gasteiger partial charge in [0, 0.05) is 17.3 Å². The quantitative estimate of drug-likeness (QED) is 0.720. The smallest absolute Gasteiger partial charge is 0.155 e. The van der Waals surface area contributed by atoms with Crippen LogP contribution in [-0.4, -0.2) is 21.2 Å². The molecule has 1 aromatic carbocycles. The molecule has 0 unspecified atom stereocenters. The molecule has 0 atom stereocenters. The molecule has 3 aromatic rings. The number of nitrogens with zero attached hydrogens (tertiary/aromatic N) is 3. The van der Waals surface area contributed by atoms with E-state index in [-0.39, 0.29) is 0 Å². The van der Waals surface area contributed by atoms with Crippen molar-refractivity contribution in [3.63, 3.8) is 0 Å². The maximum atomic E-state index is 5.44. The summed E-state index contributed by atoms with van der Waals surface area (Å²) in [5.74, 6) is 0.883. The Balaban J connectivity index is 2.03. The highest BCUT2D eigenvalue weighted by Crippen LogP contribution is 2.22. The van der Waals surface area contributed by atoms with Gasteiger partial charge in [-0.2, -0.15) is 5.10 Å². The average molecular weight is 253 g/mol. The molecule has 0 N–H and O–H groups in total. The Hall–Kier alpha value is -2.36. The van der Waals surface area contributed by atoms with Gasteiger partial charge in [0.15, 0.2) is 5.65 Å². The summed E-state index contributed by atoms with van der Waals surface area (Å²) in [6.07, 6.45) is 1.76. The molecule has 0 saturated heterocycles. The number of rotatable bonds is 3. The Labute approximate surface area is 111 Å². The van der Waals surface area contributed by atoms with Crippen LogP contribution < -0.4 is 4.74 Å². The van der Waals surface area contributed by atoms with Crippen molar-refractivity contribution in [2.45, 2.75) is 13.8 Å². The number of aromatic nitrogens is 3. The fraction of sp³-hybridized carbons (Fsp3) is 0.200. The molecule has 96 valence electrons. The number of hydrogen-bond acceptors (Lipinski definition) is 3. The van der Waals surface area contributed by atoms with Gasteiger partial charge in [-0.25, -0.2) is 9.50 Å². The van der Waals surface area contributed by atoms with Crippen LogP contribution in [0.25, 0.3) is 16.9 Å². The van der Waals surface area contributed by atoms with Gasteiger partial charge >= 0.3 is 0 Å². The average Bonchev–Trinajstić information content (AvgIpc) is 2.89. The van der Waals surface area contributed by atoms with E-state index >= 15 is 0 Å². The zero-order chi connectivity index (χ0) is 13.2. The van der Waals surface area contributed by atoms with Crippen molar-refractivity contribution in [2.24, 2.45) is 0 Å². The summed E-state index contributed by atoms with van der Waals surface area (Å²) in [6.45, 7) is 4.69. The second-order valence-corrected chi connectivity index (χ2v) is 4.34. The van der Waals surface area contributed by atoms with E-state index in [4.69, 9.17) is 4.74 Å². The lowest BCUT2D eigenvalue weighted by molar-refractivity contribution is 0.340. The Morgan fingerprint density at radius 1 is 1.16 bits per heavy atom. The molecule has 0 fully saturated rings. The topological polar surface area (TPSA) is 39.4 Å². The molecule has 0 aliphatic rings. The fourth-order valence-electron chi connectivity index (χ4n) is 2.10. The van der Waals surface area contributed by atoms with Crippen LogP contribution in [0.4, 0.5) is 0 Å². The van der Waals surface area contributed by atoms with E-state index in [0.29, 0.717) is 6.61 Å². The summed E-state index contributed by atoms with van der Waals surface area (Å²) < 4.78 is 7.28. The van der Waals surface area contributed by atoms with Gasteiger partial charge in [-0.05, 0) is 44.2 Å². The summed E-state index contributed by atoms with van der Waals surface area (Å²) >= 11 is 0. The SMILES string of the molecule is CCOc1ccc(-c2cc(C)n3nccc3n2)cc1. The highest BCUT2D eigenvalue weighted by Gasteiger charge is 2.05. The summed E-state index contributed by atoms with van der Waals surface area (Å²) in [4.78, 5) is 4.60. The molecule has 0 saturated carbocycles. The van der Waals surface area contributed by atoms with E-state index in [1.54, 1.807) is 6.20 Å². The largest absolute Gasteiger partial charge is 0.494 e. The van der Waals surface area contributed by atoms with Crippen molar-refractivity contribution in [2.75, 3.05) is 6.61 Å². The van der Waals surface area contributed by atoms with Gasteiger partial charge in [0.05, 0.1) is 18.5 Å². The summed E-state index contributed by atoms with van der Waals surface area (Å²) in [5.41, 5.74) is 3.96. The van der Waals surface area contributed by atoms with Crippen molar-refractivity contribution in [3.05, 3.63) is 48.3 Å². The summed E-state index contributed by atoms with van der Waals surface area (Å²) in [5, 5.41) is 4.23. The Morgan fingerprint density at radius 2 is 1.95 bits per heavy atom. The van der Waals surface area contributed by atoms with E-state index in [0.717, 1.165) is 28.3 Å². The van der Waals surface area contributed by atoms with Crippen LogP contribution in [0, 0.1) is 6.92 Å². The van der Waals surface area contributed by atoms with Crippen molar-refractivity contribution >= 4 is 5.65 Å². The maximum absolute atomic E-state index is 5.44. The van der Waals surface area contributed by atoms with Gasteiger partial charge in [0.25, 0.3) is 0 Å². The highest BCUT2D eigenvalue weighted by atomic mass is 16.5. The lowest BCUT2D eigenvalue weighted by atomic mass is 10.1. The van der Waals surface area contributed by atoms with Gasteiger partial charge in [-0.1, -0.05) is 0 Å². The van der Waals surface area contributed by atoms with Crippen molar-refractivity contribution in [3.8, 4) is 17.0 Å². The Kier molecular flexibility index (Phi) is 2.91. The normalized spacial score (nSPS) is 10.8. The Morgan fingerprint density at radius 3 is 2.68 bits per heavy atom. The second-order valence-electron chi connectivity index (χ2n) is 4.34. The van der Waals surface area contributed by atoms with Crippen LogP contribution in [0.2, 0.25) is 0 Å². The number of fused-ring (bicyclic) bond motifs is 1. The van der Waals surface area contributed by atoms with Gasteiger partial charge in [0.1, 0.15) is 5.75 Å². The minimum absolute atomic E-state index is 0.679. The van der Waals surface area contributed by atoms with Crippen LogP contribution in [0.1, 0.15) is 12.6 Å². The monoisotopic (exact) mass is 253 g/mol. The van der Waals surface area contributed by atoms with Crippen LogP contribution >= 0.6 is 0 Å². The molecular formula is C15H15N3O. The molecule has 0 radical (unpaired) electrons. The van der Waals surface area contributed by atoms with Gasteiger partial charge in [-0.3, -0.25) is 0 Å². The molecule has 0 bridgehead atoms. The predicted molar refractivity (Wildman–Crippen MR) is 74.3 cm³/mol. The van der Waals surface area contributed by atoms with E-state index in [9.17, 15) is 0 Å². The molecule has 2 heterocycles. The van der Waals surface area contributed by atoms with E-state index < -0.39 is 0 Å². The van der Waals surface area contributed by atoms with Crippen molar-refractivity contribution in [1.29, 1.82) is 0 Å². The molecule has 19 heavy (non-hydrogen) atoms. The zero-order valence-corrected chi connectivity index (χ0v) is 11.0. The minimum atomic E-state index is 0.679. The highest BCUT2D eigenvalue weighted by molar-refractivity contribution is 5.63. The minimum Gasteiger partial charge on any atom is -0.494 e. The third-order valence-electron chi connectivity index (χ3n) is 3.00. The van der Waals surface area contributed by atoms with E-state index in [1.807, 2.05) is 54.8 Å². The maximum Gasteiger partial charge on any atom is 0.155 e. The fourth-order valence-corrected chi connectivity index (χ4v) is 2.10. The van der Waals surface area contributed by atoms with Crippen LogP contribution in [0.3, 0.4) is 0 Å². The van der Waals surface area contributed by atoms with Gasteiger partial charge in [-0.15, -0.1) is 0 Å². The predicted octanol–water partition coefficient (Wildman–Crippen LogP) is 3.10. The number of hydrogen-bond donors (Lipinski definition) is 0. The third kappa shape index (κ3) is 2.17. The molecule has 2 aromatic heterocycles. The third-order valence-corrected chi connectivity index (χ3v) is 3.00. The lowest BCUT2D eigenvalue weighted by Crippen LogP contribution is -1.97. The first-order valence-electron chi connectivity index (χ1n) is 6.32.